The van der Waals surface area contributed by atoms with Gasteiger partial charge in [0.25, 0.3) is 0 Å². The number of hydrogen-bond donors (Lipinski definition) is 0. The molecule has 0 atom stereocenters. The van der Waals surface area contributed by atoms with Crippen molar-refractivity contribution in [3.8, 4) is 11.5 Å². The summed E-state index contributed by atoms with van der Waals surface area (Å²) >= 11 is 10.2. The zero-order valence-electron chi connectivity index (χ0n) is 26.3. The second kappa shape index (κ2) is 27.8. The summed E-state index contributed by atoms with van der Waals surface area (Å²) in [5.74, 6) is -0.0656. The van der Waals surface area contributed by atoms with Crippen LogP contribution in [0.1, 0.15) is 142 Å². The molecule has 0 bridgehead atoms. The molecule has 0 aliphatic heterocycles. The van der Waals surface area contributed by atoms with Gasteiger partial charge >= 0.3 is 19.5 Å². The van der Waals surface area contributed by atoms with Crippen LogP contribution >= 0.6 is 24.4 Å². The minimum Gasteiger partial charge on any atom is -0.870 e. The molecule has 7 heteroatoms. The van der Waals surface area contributed by atoms with E-state index in [1.165, 1.54) is 128 Å². The molecule has 0 saturated carbocycles. The molecule has 0 aliphatic rings. The van der Waals surface area contributed by atoms with Gasteiger partial charge in [-0.2, -0.15) is 0 Å². The molecule has 0 spiro atoms. The average Bonchev–Trinajstić information content (AvgIpc) is 2.95. The zero-order chi connectivity index (χ0) is 29.3. The first-order chi connectivity index (χ1) is 19.5. The fourth-order valence-electron chi connectivity index (χ4n) is 4.92. The monoisotopic (exact) mass is 652 g/mol. The largest absolute Gasteiger partial charge is 2.00 e. The summed E-state index contributed by atoms with van der Waals surface area (Å²) in [6, 6.07) is 6.65. The van der Waals surface area contributed by atoms with E-state index in [2.05, 4.69) is 13.8 Å². The second-order valence-corrected chi connectivity index (χ2v) is 11.9. The van der Waals surface area contributed by atoms with Gasteiger partial charge < -0.3 is 19.3 Å². The van der Waals surface area contributed by atoms with Crippen LogP contribution in [0.2, 0.25) is 0 Å². The minimum absolute atomic E-state index is 0. The number of nitrogens with zero attached hydrogens (tertiary/aromatic N) is 2. The predicted octanol–water partition coefficient (Wildman–Crippen LogP) is 10.4. The molecule has 2 heterocycles. The van der Waals surface area contributed by atoms with E-state index in [1.54, 1.807) is 12.1 Å². The molecule has 41 heavy (non-hydrogen) atoms. The van der Waals surface area contributed by atoms with Gasteiger partial charge in [0, 0.05) is 25.5 Å². The maximum atomic E-state index is 11.4. The predicted molar refractivity (Wildman–Crippen MR) is 173 cm³/mol. The summed E-state index contributed by atoms with van der Waals surface area (Å²) in [5.41, 5.74) is 0. The Kier molecular flexibility index (Phi) is 27.1. The van der Waals surface area contributed by atoms with Crippen molar-refractivity contribution < 1.29 is 29.7 Å². The Labute approximate surface area is 274 Å². The minimum atomic E-state index is -0.0328. The molecule has 228 valence electrons. The fraction of sp³-hybridized carbons (Fsp3) is 0.706. The van der Waals surface area contributed by atoms with Gasteiger partial charge in [-0.25, -0.2) is 0 Å². The van der Waals surface area contributed by atoms with Crippen molar-refractivity contribution >= 4 is 24.4 Å². The van der Waals surface area contributed by atoms with E-state index in [4.69, 9.17) is 24.4 Å². The Bertz CT molecular complexity index is 914. The third-order valence-electron chi connectivity index (χ3n) is 7.48. The number of unbranched alkanes of at least 4 members (excludes halogenated alkanes) is 18. The van der Waals surface area contributed by atoms with Crippen LogP contribution in [0.15, 0.2) is 36.7 Å². The van der Waals surface area contributed by atoms with E-state index >= 15 is 0 Å². The Morgan fingerprint density at radius 1 is 0.488 bits per heavy atom. The van der Waals surface area contributed by atoms with Gasteiger partial charge in [-0.3, -0.25) is 0 Å². The SMILES string of the molecule is CCCCCCCCCCCCn1cccc([O-])c1=S.CCCCCCCCCCCCn1cccc([O-])c1=S.[Zn+2]. The number of aromatic nitrogens is 2. The van der Waals surface area contributed by atoms with E-state index in [0.29, 0.717) is 9.28 Å². The van der Waals surface area contributed by atoms with Gasteiger partial charge in [-0.1, -0.05) is 177 Å². The molecule has 0 aliphatic carbocycles. The summed E-state index contributed by atoms with van der Waals surface area (Å²) in [6.07, 6.45) is 30.4. The maximum absolute atomic E-state index is 11.4. The Balaban J connectivity index is 0.000000762. The van der Waals surface area contributed by atoms with Gasteiger partial charge in [0.05, 0.1) is 9.28 Å². The molecule has 0 N–H and O–H groups in total. The Morgan fingerprint density at radius 3 is 1.05 bits per heavy atom. The third-order valence-corrected chi connectivity index (χ3v) is 8.35. The summed E-state index contributed by atoms with van der Waals surface area (Å²) < 4.78 is 4.71. The normalized spacial score (nSPS) is 10.6. The van der Waals surface area contributed by atoms with Crippen molar-refractivity contribution in [1.29, 1.82) is 0 Å². The van der Waals surface area contributed by atoms with Crippen molar-refractivity contribution in [2.75, 3.05) is 0 Å². The van der Waals surface area contributed by atoms with Gasteiger partial charge in [0.2, 0.25) is 0 Å². The van der Waals surface area contributed by atoms with Crippen molar-refractivity contribution in [3.05, 3.63) is 45.9 Å². The van der Waals surface area contributed by atoms with Gasteiger partial charge in [0.15, 0.2) is 0 Å². The van der Waals surface area contributed by atoms with Crippen LogP contribution in [-0.2, 0) is 32.6 Å². The van der Waals surface area contributed by atoms with Crippen molar-refractivity contribution in [3.63, 3.8) is 0 Å². The first kappa shape index (κ1) is 40.0. The molecule has 0 radical (unpaired) electrons. The molecule has 0 saturated heterocycles. The number of hydrogen-bond acceptors (Lipinski definition) is 4. The fourth-order valence-corrected chi connectivity index (χ4v) is 5.36. The van der Waals surface area contributed by atoms with Gasteiger partial charge in [-0.05, 0) is 25.0 Å². The number of pyridine rings is 2. The molecule has 0 aromatic carbocycles. The summed E-state index contributed by atoms with van der Waals surface area (Å²) in [4.78, 5) is 0. The summed E-state index contributed by atoms with van der Waals surface area (Å²) in [6.45, 7) is 6.28. The van der Waals surface area contributed by atoms with E-state index in [9.17, 15) is 10.2 Å². The molecular formula is C34H56N2O2S2Zn. The van der Waals surface area contributed by atoms with E-state index in [-0.39, 0.29) is 31.0 Å². The summed E-state index contributed by atoms with van der Waals surface area (Å²) in [7, 11) is 0. The van der Waals surface area contributed by atoms with Crippen LogP contribution in [0.5, 0.6) is 11.5 Å². The van der Waals surface area contributed by atoms with E-state index in [1.807, 2.05) is 21.5 Å². The molecule has 0 fully saturated rings. The number of rotatable bonds is 22. The van der Waals surface area contributed by atoms with Crippen LogP contribution in [0.25, 0.3) is 0 Å². The van der Waals surface area contributed by atoms with E-state index in [0.717, 1.165) is 25.9 Å². The number of aryl methyl sites for hydroxylation is 2. The van der Waals surface area contributed by atoms with Crippen LogP contribution < -0.4 is 10.2 Å². The molecule has 2 rings (SSSR count). The smallest absolute Gasteiger partial charge is 0.870 e. The standard InChI is InChI=1S/2C17H29NOS.Zn/c2*1-2-3-4-5-6-7-8-9-10-11-14-18-15-12-13-16(19)17(18)20;/h2*12-13,15,19H,2-11,14H2,1H3;/q;;+2/p-2. The van der Waals surface area contributed by atoms with Crippen LogP contribution in [-0.4, -0.2) is 9.13 Å². The molecule has 2 aromatic heterocycles. The van der Waals surface area contributed by atoms with Crippen molar-refractivity contribution in [2.45, 2.75) is 155 Å². The molecule has 2 aromatic rings. The molecular weight excluding hydrogens is 598 g/mol. The van der Waals surface area contributed by atoms with E-state index < -0.39 is 0 Å². The Morgan fingerprint density at radius 2 is 0.756 bits per heavy atom. The third kappa shape index (κ3) is 20.5. The van der Waals surface area contributed by atoms with Crippen LogP contribution in [0.4, 0.5) is 0 Å². The maximum Gasteiger partial charge on any atom is 2.00 e. The molecule has 0 unspecified atom stereocenters. The quantitative estimate of drug-likeness (QED) is 0.0721. The first-order valence-electron chi connectivity index (χ1n) is 16.2. The molecule has 4 nitrogen and oxygen atoms in total. The molecule has 0 amide bonds. The summed E-state index contributed by atoms with van der Waals surface area (Å²) in [5, 5.41) is 22.8. The first-order valence-corrected chi connectivity index (χ1v) is 17.1. The van der Waals surface area contributed by atoms with Crippen LogP contribution in [0.3, 0.4) is 0 Å². The Hall–Kier alpha value is -1.04. The topological polar surface area (TPSA) is 56.0 Å². The van der Waals surface area contributed by atoms with Crippen molar-refractivity contribution in [2.24, 2.45) is 0 Å². The van der Waals surface area contributed by atoms with Gasteiger partial charge in [-0.15, -0.1) is 0 Å². The van der Waals surface area contributed by atoms with Crippen molar-refractivity contribution in [1.82, 2.24) is 9.13 Å². The van der Waals surface area contributed by atoms with Crippen LogP contribution in [0, 0.1) is 9.28 Å². The van der Waals surface area contributed by atoms with Gasteiger partial charge in [0.1, 0.15) is 0 Å². The average molecular weight is 654 g/mol. The second-order valence-electron chi connectivity index (χ2n) is 11.1. The zero-order valence-corrected chi connectivity index (χ0v) is 30.9.